The van der Waals surface area contributed by atoms with E-state index in [1.54, 1.807) is 12.1 Å². The molecule has 9 nitrogen and oxygen atoms in total. The lowest BCUT2D eigenvalue weighted by Crippen LogP contribution is -2.21. The van der Waals surface area contributed by atoms with Gasteiger partial charge in [0.25, 0.3) is 11.6 Å². The van der Waals surface area contributed by atoms with Gasteiger partial charge in [-0.25, -0.2) is 0 Å². The minimum absolute atomic E-state index is 0.216. The lowest BCUT2D eigenvalue weighted by atomic mass is 10.1. The summed E-state index contributed by atoms with van der Waals surface area (Å²) in [7, 11) is 0. The summed E-state index contributed by atoms with van der Waals surface area (Å²) in [6.45, 7) is 3.29. The molecule has 0 saturated carbocycles. The molecule has 0 aliphatic carbocycles. The largest absolute Gasteiger partial charge is 0.477 e. The topological polar surface area (TPSA) is 125 Å². The number of nitro groups is 2. The Morgan fingerprint density at radius 3 is 2.48 bits per heavy atom. The van der Waals surface area contributed by atoms with Crippen molar-refractivity contribution in [1.82, 2.24) is 0 Å². The average molecular weight is 345 g/mol. The van der Waals surface area contributed by atoms with Crippen LogP contribution in [0.3, 0.4) is 0 Å². The quantitative estimate of drug-likeness (QED) is 0.633. The van der Waals surface area contributed by atoms with E-state index in [4.69, 9.17) is 4.74 Å². The van der Waals surface area contributed by atoms with E-state index in [0.717, 1.165) is 29.3 Å². The first kappa shape index (κ1) is 17.9. The number of carbonyl (C=O) groups excluding carboxylic acids is 1. The molecular formula is C16H15N3O6. The molecule has 0 aliphatic rings. The van der Waals surface area contributed by atoms with Gasteiger partial charge >= 0.3 is 5.69 Å². The van der Waals surface area contributed by atoms with E-state index in [2.05, 4.69) is 5.32 Å². The molecule has 1 amide bonds. The second-order valence-corrected chi connectivity index (χ2v) is 5.25. The molecule has 25 heavy (non-hydrogen) atoms. The van der Waals surface area contributed by atoms with Crippen LogP contribution in [0, 0.1) is 34.1 Å². The third-order valence-electron chi connectivity index (χ3n) is 3.59. The van der Waals surface area contributed by atoms with Crippen molar-refractivity contribution in [3.63, 3.8) is 0 Å². The zero-order valence-corrected chi connectivity index (χ0v) is 13.5. The number of amides is 1. The molecule has 130 valence electrons. The molecule has 0 saturated heterocycles. The summed E-state index contributed by atoms with van der Waals surface area (Å²) in [5.41, 5.74) is 1.52. The molecule has 0 fully saturated rings. The predicted octanol–water partition coefficient (Wildman–Crippen LogP) is 3.14. The highest BCUT2D eigenvalue weighted by Gasteiger charge is 2.21. The minimum atomic E-state index is -0.801. The maximum Gasteiger partial charge on any atom is 0.317 e. The van der Waals surface area contributed by atoms with Gasteiger partial charge in [0.2, 0.25) is 0 Å². The number of non-ortho nitro benzene ring substituents is 1. The van der Waals surface area contributed by atoms with Crippen molar-refractivity contribution in [3.05, 3.63) is 67.8 Å². The van der Waals surface area contributed by atoms with Crippen molar-refractivity contribution in [2.45, 2.75) is 13.8 Å². The lowest BCUT2D eigenvalue weighted by molar-refractivity contribution is -0.394. The highest BCUT2D eigenvalue weighted by atomic mass is 16.6. The van der Waals surface area contributed by atoms with E-state index in [-0.39, 0.29) is 5.75 Å². The van der Waals surface area contributed by atoms with E-state index in [1.165, 1.54) is 0 Å². The third kappa shape index (κ3) is 4.28. The van der Waals surface area contributed by atoms with Gasteiger partial charge in [0.05, 0.1) is 15.9 Å². The number of nitrogens with one attached hydrogen (secondary N) is 1. The van der Waals surface area contributed by atoms with E-state index >= 15 is 0 Å². The SMILES string of the molecule is Cc1cccc(NC(=O)COc2ccc([N+](=O)[O-])cc2[N+](=O)[O-])c1C. The summed E-state index contributed by atoms with van der Waals surface area (Å²) < 4.78 is 5.16. The maximum atomic E-state index is 12.0. The van der Waals surface area contributed by atoms with Crippen LogP contribution >= 0.6 is 0 Å². The van der Waals surface area contributed by atoms with Gasteiger partial charge in [0, 0.05) is 11.8 Å². The summed E-state index contributed by atoms with van der Waals surface area (Å²) in [6.07, 6.45) is 0. The molecule has 1 N–H and O–H groups in total. The van der Waals surface area contributed by atoms with Crippen LogP contribution in [0.4, 0.5) is 17.1 Å². The smallest absolute Gasteiger partial charge is 0.317 e. The predicted molar refractivity (Wildman–Crippen MR) is 89.8 cm³/mol. The standard InChI is InChI=1S/C16H15N3O6/c1-10-4-3-5-13(11(10)2)17-16(20)9-25-15-7-6-12(18(21)22)8-14(15)19(23)24/h3-8H,9H2,1-2H3,(H,17,20). The fourth-order valence-corrected chi connectivity index (χ4v) is 2.10. The molecule has 2 rings (SSSR count). The molecule has 2 aromatic carbocycles. The number of benzene rings is 2. The monoisotopic (exact) mass is 345 g/mol. The second kappa shape index (κ2) is 7.39. The van der Waals surface area contributed by atoms with Crippen LogP contribution in [-0.4, -0.2) is 22.4 Å². The summed E-state index contributed by atoms with van der Waals surface area (Å²) in [5.74, 6) is -0.715. The number of hydrogen-bond acceptors (Lipinski definition) is 6. The van der Waals surface area contributed by atoms with E-state index in [0.29, 0.717) is 5.69 Å². The van der Waals surface area contributed by atoms with Gasteiger partial charge in [0.15, 0.2) is 12.4 Å². The molecule has 2 aromatic rings. The van der Waals surface area contributed by atoms with E-state index in [1.807, 2.05) is 19.9 Å². The Kier molecular flexibility index (Phi) is 5.28. The number of nitro benzene ring substituents is 2. The maximum absolute atomic E-state index is 12.0. The zero-order chi connectivity index (χ0) is 18.6. The van der Waals surface area contributed by atoms with Crippen LogP contribution in [0.1, 0.15) is 11.1 Å². The van der Waals surface area contributed by atoms with Crippen molar-refractivity contribution >= 4 is 23.0 Å². The Hall–Kier alpha value is -3.49. The zero-order valence-electron chi connectivity index (χ0n) is 13.5. The molecule has 0 spiro atoms. The molecule has 0 radical (unpaired) electrons. The Bertz CT molecular complexity index is 850. The highest BCUT2D eigenvalue weighted by Crippen LogP contribution is 2.31. The van der Waals surface area contributed by atoms with Crippen LogP contribution in [0.25, 0.3) is 0 Å². The van der Waals surface area contributed by atoms with Crippen LogP contribution in [0.15, 0.2) is 36.4 Å². The fraction of sp³-hybridized carbons (Fsp3) is 0.188. The number of rotatable bonds is 6. The van der Waals surface area contributed by atoms with Gasteiger partial charge in [-0.1, -0.05) is 12.1 Å². The Morgan fingerprint density at radius 2 is 1.84 bits per heavy atom. The highest BCUT2D eigenvalue weighted by molar-refractivity contribution is 5.92. The van der Waals surface area contributed by atoms with Crippen LogP contribution in [0.5, 0.6) is 5.75 Å². The summed E-state index contributed by atoms with van der Waals surface area (Å²) in [5, 5.41) is 24.4. The fourth-order valence-electron chi connectivity index (χ4n) is 2.10. The van der Waals surface area contributed by atoms with Crippen molar-refractivity contribution in [2.24, 2.45) is 0 Å². The third-order valence-corrected chi connectivity index (χ3v) is 3.59. The molecule has 0 aromatic heterocycles. The number of nitrogens with zero attached hydrogens (tertiary/aromatic N) is 2. The Balaban J connectivity index is 2.10. The summed E-state index contributed by atoms with van der Waals surface area (Å²) >= 11 is 0. The number of ether oxygens (including phenoxy) is 1. The number of anilines is 1. The van der Waals surface area contributed by atoms with Crippen LogP contribution in [0.2, 0.25) is 0 Å². The first-order chi connectivity index (χ1) is 11.8. The normalized spacial score (nSPS) is 10.2. The summed E-state index contributed by atoms with van der Waals surface area (Å²) in [6, 6.07) is 8.39. The molecule has 0 atom stereocenters. The van der Waals surface area contributed by atoms with Crippen LogP contribution in [-0.2, 0) is 4.79 Å². The van der Waals surface area contributed by atoms with Gasteiger partial charge in [-0.05, 0) is 37.1 Å². The van der Waals surface area contributed by atoms with Crippen molar-refractivity contribution in [1.29, 1.82) is 0 Å². The second-order valence-electron chi connectivity index (χ2n) is 5.25. The average Bonchev–Trinajstić information content (AvgIpc) is 2.56. The van der Waals surface area contributed by atoms with E-state index in [9.17, 15) is 25.0 Å². The number of carbonyl (C=O) groups is 1. The Labute approximate surface area is 142 Å². The first-order valence-corrected chi connectivity index (χ1v) is 7.21. The van der Waals surface area contributed by atoms with E-state index < -0.39 is 33.7 Å². The van der Waals surface area contributed by atoms with Crippen LogP contribution < -0.4 is 10.1 Å². The minimum Gasteiger partial charge on any atom is -0.477 e. The van der Waals surface area contributed by atoms with Crippen molar-refractivity contribution < 1.29 is 19.4 Å². The van der Waals surface area contributed by atoms with Gasteiger partial charge in [-0.2, -0.15) is 0 Å². The van der Waals surface area contributed by atoms with Gasteiger partial charge < -0.3 is 10.1 Å². The first-order valence-electron chi connectivity index (χ1n) is 7.21. The molecule has 9 heteroatoms. The van der Waals surface area contributed by atoms with Gasteiger partial charge in [-0.3, -0.25) is 25.0 Å². The molecular weight excluding hydrogens is 330 g/mol. The van der Waals surface area contributed by atoms with Gasteiger partial charge in [0.1, 0.15) is 0 Å². The molecule has 0 aliphatic heterocycles. The Morgan fingerprint density at radius 1 is 1.12 bits per heavy atom. The number of aryl methyl sites for hydroxylation is 1. The molecule has 0 bridgehead atoms. The lowest BCUT2D eigenvalue weighted by Gasteiger charge is -2.11. The molecule has 0 unspecified atom stereocenters. The number of hydrogen-bond donors (Lipinski definition) is 1. The van der Waals surface area contributed by atoms with Crippen molar-refractivity contribution in [3.8, 4) is 5.75 Å². The molecule has 0 heterocycles. The summed E-state index contributed by atoms with van der Waals surface area (Å²) in [4.78, 5) is 32.2. The van der Waals surface area contributed by atoms with Gasteiger partial charge in [-0.15, -0.1) is 0 Å². The van der Waals surface area contributed by atoms with Crippen molar-refractivity contribution in [2.75, 3.05) is 11.9 Å².